The Morgan fingerprint density at radius 3 is 2.50 bits per heavy atom. The molecule has 2 N–H and O–H groups in total. The maximum Gasteiger partial charge on any atom is 0.288 e. The van der Waals surface area contributed by atoms with Crippen LogP contribution in [0.1, 0.15) is 6.92 Å². The van der Waals surface area contributed by atoms with E-state index in [2.05, 4.69) is 22.2 Å². The van der Waals surface area contributed by atoms with Gasteiger partial charge in [0, 0.05) is 12.6 Å². The summed E-state index contributed by atoms with van der Waals surface area (Å²) >= 11 is 0. The van der Waals surface area contributed by atoms with Gasteiger partial charge in [0.15, 0.2) is 5.37 Å². The van der Waals surface area contributed by atoms with Crippen molar-refractivity contribution in [2.75, 3.05) is 13.6 Å². The van der Waals surface area contributed by atoms with E-state index in [0.29, 0.717) is 5.69 Å². The predicted octanol–water partition coefficient (Wildman–Crippen LogP) is 1.52. The van der Waals surface area contributed by atoms with Gasteiger partial charge in [-0.1, -0.05) is 30.0 Å². The molecule has 0 saturated heterocycles. The van der Waals surface area contributed by atoms with E-state index in [-0.39, 0.29) is 12.1 Å². The van der Waals surface area contributed by atoms with Gasteiger partial charge in [-0.2, -0.15) is 8.42 Å². The number of carbonyl (C=O) groups is 1. The van der Waals surface area contributed by atoms with Gasteiger partial charge in [-0.15, -0.1) is 5.11 Å². The second-order valence-corrected chi connectivity index (χ2v) is 6.22. The first-order valence-corrected chi connectivity index (χ1v) is 7.81. The van der Waals surface area contributed by atoms with Crippen LogP contribution in [0.25, 0.3) is 0 Å². The van der Waals surface area contributed by atoms with E-state index in [1.807, 2.05) is 6.07 Å². The monoisotopic (exact) mass is 326 g/mol. The topological polar surface area (TPSA) is 111 Å². The van der Waals surface area contributed by atoms with E-state index < -0.39 is 21.4 Å². The summed E-state index contributed by atoms with van der Waals surface area (Å²) in [6.45, 7) is 4.56. The van der Waals surface area contributed by atoms with Crippen LogP contribution in [0.4, 0.5) is 5.69 Å². The molecule has 0 fully saturated rings. The minimum absolute atomic E-state index is 0.127. The molecule has 1 aromatic carbocycles. The minimum Gasteiger partial charge on any atom is -0.332 e. The lowest BCUT2D eigenvalue weighted by Crippen LogP contribution is -2.46. The summed E-state index contributed by atoms with van der Waals surface area (Å²) in [5.41, 5.74) is 0.714. The van der Waals surface area contributed by atoms with E-state index in [0.717, 1.165) is 0 Å². The number of benzene rings is 1. The molecule has 0 aliphatic heterocycles. The van der Waals surface area contributed by atoms with Crippen LogP contribution in [-0.2, 0) is 14.9 Å². The Bertz CT molecular complexity index is 658. The molecule has 0 saturated carbocycles. The number of hydrogen-bond donors (Lipinski definition) is 2. The second-order valence-electron chi connectivity index (χ2n) is 4.62. The number of amides is 1. The van der Waals surface area contributed by atoms with Crippen molar-refractivity contribution in [1.29, 1.82) is 0 Å². The molecule has 120 valence electrons. The van der Waals surface area contributed by atoms with Gasteiger partial charge in [0.05, 0.1) is 12.2 Å². The van der Waals surface area contributed by atoms with E-state index in [4.69, 9.17) is 0 Å². The summed E-state index contributed by atoms with van der Waals surface area (Å²) in [7, 11) is -3.02. The summed E-state index contributed by atoms with van der Waals surface area (Å²) in [6, 6.07) is 8.83. The lowest BCUT2D eigenvalue weighted by molar-refractivity contribution is -0.117. The number of carbonyl (C=O) groups excluding carboxylic acids is 1. The maximum atomic E-state index is 11.5. The van der Waals surface area contributed by atoms with Crippen molar-refractivity contribution >= 4 is 21.7 Å². The van der Waals surface area contributed by atoms with Crippen molar-refractivity contribution in [3.63, 3.8) is 0 Å². The molecule has 0 aliphatic rings. The van der Waals surface area contributed by atoms with Gasteiger partial charge in [0.2, 0.25) is 5.91 Å². The van der Waals surface area contributed by atoms with E-state index in [9.17, 15) is 17.8 Å². The zero-order chi connectivity index (χ0) is 16.8. The Hall–Kier alpha value is -2.26. The smallest absolute Gasteiger partial charge is 0.288 e. The Morgan fingerprint density at radius 1 is 1.41 bits per heavy atom. The van der Waals surface area contributed by atoms with Crippen LogP contribution in [-0.4, -0.2) is 42.9 Å². The molecule has 1 atom stereocenters. The molecule has 0 radical (unpaired) electrons. The number of rotatable bonds is 7. The largest absolute Gasteiger partial charge is 0.332 e. The van der Waals surface area contributed by atoms with Gasteiger partial charge in [-0.25, -0.2) is 0 Å². The standard InChI is InChI=1S/C13H18N4O4S/c1-10(2)13(18)14-12(22(19,20)21)9-17(3)16-15-11-7-5-4-6-8-11/h4-8,12H,1,9H2,2-3H3,(H,14,18)(H,19,20,21). The Labute approximate surface area is 129 Å². The van der Waals surface area contributed by atoms with Crippen molar-refractivity contribution in [1.82, 2.24) is 10.3 Å². The minimum atomic E-state index is -4.49. The van der Waals surface area contributed by atoms with Gasteiger partial charge in [0.25, 0.3) is 10.1 Å². The summed E-state index contributed by atoms with van der Waals surface area (Å²) in [5, 5.41) is 9.54. The van der Waals surface area contributed by atoms with Crippen molar-refractivity contribution in [2.24, 2.45) is 10.3 Å². The summed E-state index contributed by atoms with van der Waals surface area (Å²) in [4.78, 5) is 11.5. The van der Waals surface area contributed by atoms with Crippen LogP contribution in [0.3, 0.4) is 0 Å². The Balaban J connectivity index is 2.75. The van der Waals surface area contributed by atoms with Crippen LogP contribution < -0.4 is 5.32 Å². The van der Waals surface area contributed by atoms with Gasteiger partial charge in [0.1, 0.15) is 0 Å². The number of likely N-dealkylation sites (N-methyl/N-ethyl adjacent to an activating group) is 1. The number of nitrogens with one attached hydrogen (secondary N) is 1. The predicted molar refractivity (Wildman–Crippen MR) is 81.9 cm³/mol. The van der Waals surface area contributed by atoms with Crippen LogP contribution in [0.2, 0.25) is 0 Å². The average molecular weight is 326 g/mol. The highest BCUT2D eigenvalue weighted by molar-refractivity contribution is 7.86. The fourth-order valence-electron chi connectivity index (χ4n) is 1.38. The maximum absolute atomic E-state index is 11.5. The first-order valence-electron chi connectivity index (χ1n) is 6.30. The van der Waals surface area contributed by atoms with Crippen LogP contribution in [0.5, 0.6) is 0 Å². The average Bonchev–Trinajstić information content (AvgIpc) is 2.44. The van der Waals surface area contributed by atoms with Crippen molar-refractivity contribution < 1.29 is 17.8 Å². The highest BCUT2D eigenvalue weighted by Gasteiger charge is 2.26. The first-order chi connectivity index (χ1) is 10.2. The lowest BCUT2D eigenvalue weighted by atomic mass is 10.3. The highest BCUT2D eigenvalue weighted by atomic mass is 32.2. The van der Waals surface area contributed by atoms with E-state index >= 15 is 0 Å². The lowest BCUT2D eigenvalue weighted by Gasteiger charge is -2.20. The molecule has 9 heteroatoms. The third kappa shape index (κ3) is 6.02. The van der Waals surface area contributed by atoms with Gasteiger partial charge in [-0.3, -0.25) is 14.4 Å². The molecule has 0 bridgehead atoms. The Morgan fingerprint density at radius 2 is 2.00 bits per heavy atom. The molecule has 0 aromatic heterocycles. The second kappa shape index (κ2) is 7.66. The normalized spacial score (nSPS) is 12.9. The van der Waals surface area contributed by atoms with E-state index in [1.54, 1.807) is 24.3 Å². The van der Waals surface area contributed by atoms with Gasteiger partial charge < -0.3 is 5.32 Å². The van der Waals surface area contributed by atoms with Gasteiger partial charge >= 0.3 is 0 Å². The summed E-state index contributed by atoms with van der Waals surface area (Å²) in [5.74, 6) is -0.670. The van der Waals surface area contributed by atoms with Crippen molar-refractivity contribution in [2.45, 2.75) is 12.3 Å². The van der Waals surface area contributed by atoms with Crippen molar-refractivity contribution in [3.8, 4) is 0 Å². The number of nitrogens with zero attached hydrogens (tertiary/aromatic N) is 3. The zero-order valence-electron chi connectivity index (χ0n) is 12.3. The molecule has 1 amide bonds. The molecular formula is C13H18N4O4S. The third-order valence-electron chi connectivity index (χ3n) is 2.54. The van der Waals surface area contributed by atoms with Crippen molar-refractivity contribution in [3.05, 3.63) is 42.5 Å². The first kappa shape index (κ1) is 17.8. The molecule has 1 unspecified atom stereocenters. The zero-order valence-corrected chi connectivity index (χ0v) is 13.1. The molecular weight excluding hydrogens is 308 g/mol. The summed E-state index contributed by atoms with van der Waals surface area (Å²) < 4.78 is 31.8. The quantitative estimate of drug-likeness (QED) is 0.341. The molecule has 22 heavy (non-hydrogen) atoms. The molecule has 0 heterocycles. The molecule has 8 nitrogen and oxygen atoms in total. The SMILES string of the molecule is C=C(C)C(=O)NC(CN(C)N=Nc1ccccc1)S(=O)(=O)O. The third-order valence-corrected chi connectivity index (χ3v) is 3.52. The Kier molecular flexibility index (Phi) is 6.20. The summed E-state index contributed by atoms with van der Waals surface area (Å²) in [6.07, 6.45) is 0. The van der Waals surface area contributed by atoms with Gasteiger partial charge in [-0.05, 0) is 19.1 Å². The van der Waals surface area contributed by atoms with Crippen LogP contribution >= 0.6 is 0 Å². The molecule has 0 spiro atoms. The highest BCUT2D eigenvalue weighted by Crippen LogP contribution is 2.11. The fourth-order valence-corrected chi connectivity index (χ4v) is 2.04. The fraction of sp³-hybridized carbons (Fsp3) is 0.308. The number of hydrogen-bond acceptors (Lipinski definition) is 5. The molecule has 1 rings (SSSR count). The van der Waals surface area contributed by atoms with Crippen LogP contribution in [0.15, 0.2) is 52.8 Å². The van der Waals surface area contributed by atoms with E-state index in [1.165, 1.54) is 19.0 Å². The molecule has 0 aliphatic carbocycles. The van der Waals surface area contributed by atoms with Crippen LogP contribution in [0, 0.1) is 0 Å². The molecule has 1 aromatic rings.